The number of hydrogen-bond acceptors (Lipinski definition) is 2. The Labute approximate surface area is 108 Å². The zero-order valence-electron chi connectivity index (χ0n) is 11.1. The first-order valence-corrected chi connectivity index (χ1v) is 7.07. The fourth-order valence-electron chi connectivity index (χ4n) is 3.33. The minimum atomic E-state index is -0.760. The molecule has 102 valence electrons. The fourth-order valence-corrected chi connectivity index (χ4v) is 3.33. The van der Waals surface area contributed by atoms with Gasteiger partial charge >= 0.3 is 5.97 Å². The summed E-state index contributed by atoms with van der Waals surface area (Å²) in [6, 6.07) is 0. The predicted molar refractivity (Wildman–Crippen MR) is 68.1 cm³/mol. The summed E-state index contributed by atoms with van der Waals surface area (Å²) in [6.07, 6.45) is 5.82. The van der Waals surface area contributed by atoms with Crippen molar-refractivity contribution in [3.8, 4) is 0 Å². The Morgan fingerprint density at radius 2 is 2.17 bits per heavy atom. The van der Waals surface area contributed by atoms with Crippen molar-refractivity contribution in [1.82, 2.24) is 4.90 Å². The van der Waals surface area contributed by atoms with Crippen molar-refractivity contribution in [2.24, 2.45) is 17.8 Å². The summed E-state index contributed by atoms with van der Waals surface area (Å²) < 4.78 is 0. The lowest BCUT2D eigenvalue weighted by atomic mass is 9.82. The average molecular weight is 253 g/mol. The van der Waals surface area contributed by atoms with Crippen LogP contribution in [0.3, 0.4) is 0 Å². The SMILES string of the molecule is CC1CCCC(CN2CC(C(=O)O)CCC2=O)C1. The zero-order valence-corrected chi connectivity index (χ0v) is 11.1. The van der Waals surface area contributed by atoms with E-state index in [4.69, 9.17) is 5.11 Å². The van der Waals surface area contributed by atoms with Crippen LogP contribution in [0.5, 0.6) is 0 Å². The second kappa shape index (κ2) is 5.72. The van der Waals surface area contributed by atoms with Gasteiger partial charge in [-0.3, -0.25) is 9.59 Å². The highest BCUT2D eigenvalue weighted by atomic mass is 16.4. The fraction of sp³-hybridized carbons (Fsp3) is 0.857. The van der Waals surface area contributed by atoms with E-state index >= 15 is 0 Å². The minimum absolute atomic E-state index is 0.144. The van der Waals surface area contributed by atoms with Crippen molar-refractivity contribution in [2.75, 3.05) is 13.1 Å². The Bertz CT molecular complexity index is 329. The quantitative estimate of drug-likeness (QED) is 0.838. The van der Waals surface area contributed by atoms with E-state index in [0.717, 1.165) is 12.5 Å². The van der Waals surface area contributed by atoms with E-state index in [1.807, 2.05) is 0 Å². The molecule has 0 aromatic heterocycles. The third-order valence-corrected chi connectivity index (χ3v) is 4.37. The van der Waals surface area contributed by atoms with Crippen molar-refractivity contribution in [3.63, 3.8) is 0 Å². The van der Waals surface area contributed by atoms with Gasteiger partial charge in [0.1, 0.15) is 0 Å². The van der Waals surface area contributed by atoms with Crippen molar-refractivity contribution >= 4 is 11.9 Å². The monoisotopic (exact) mass is 253 g/mol. The molecule has 2 fully saturated rings. The third kappa shape index (κ3) is 3.24. The number of carbonyl (C=O) groups excluding carboxylic acids is 1. The third-order valence-electron chi connectivity index (χ3n) is 4.37. The highest BCUT2D eigenvalue weighted by Gasteiger charge is 2.32. The van der Waals surface area contributed by atoms with E-state index in [-0.39, 0.29) is 11.8 Å². The predicted octanol–water partition coefficient (Wildman–Crippen LogP) is 2.14. The van der Waals surface area contributed by atoms with Crippen LogP contribution in [0.25, 0.3) is 0 Å². The molecule has 4 nitrogen and oxygen atoms in total. The number of carbonyl (C=O) groups is 2. The van der Waals surface area contributed by atoms with E-state index in [2.05, 4.69) is 6.92 Å². The van der Waals surface area contributed by atoms with E-state index in [1.54, 1.807) is 4.90 Å². The first kappa shape index (κ1) is 13.4. The molecule has 4 heteroatoms. The first-order chi connectivity index (χ1) is 8.56. The Balaban J connectivity index is 1.90. The number of likely N-dealkylation sites (tertiary alicyclic amines) is 1. The maximum Gasteiger partial charge on any atom is 0.308 e. The topological polar surface area (TPSA) is 57.6 Å². The van der Waals surface area contributed by atoms with Crippen LogP contribution in [0.15, 0.2) is 0 Å². The van der Waals surface area contributed by atoms with Gasteiger partial charge in [-0.15, -0.1) is 0 Å². The minimum Gasteiger partial charge on any atom is -0.481 e. The number of hydrogen-bond donors (Lipinski definition) is 1. The van der Waals surface area contributed by atoms with Crippen LogP contribution in [0.2, 0.25) is 0 Å². The largest absolute Gasteiger partial charge is 0.481 e. The van der Waals surface area contributed by atoms with Crippen LogP contribution in [0, 0.1) is 17.8 Å². The molecule has 18 heavy (non-hydrogen) atoms. The first-order valence-electron chi connectivity index (χ1n) is 7.07. The number of nitrogens with zero attached hydrogens (tertiary/aromatic N) is 1. The van der Waals surface area contributed by atoms with Gasteiger partial charge in [0, 0.05) is 19.5 Å². The number of carboxylic acids is 1. The van der Waals surface area contributed by atoms with Gasteiger partial charge < -0.3 is 10.0 Å². The van der Waals surface area contributed by atoms with Gasteiger partial charge in [0.05, 0.1) is 5.92 Å². The van der Waals surface area contributed by atoms with Crippen LogP contribution in [0.1, 0.15) is 45.4 Å². The van der Waals surface area contributed by atoms with Gasteiger partial charge in [-0.05, 0) is 31.1 Å². The molecule has 0 radical (unpaired) electrons. The van der Waals surface area contributed by atoms with Gasteiger partial charge in [0.25, 0.3) is 0 Å². The van der Waals surface area contributed by atoms with Gasteiger partial charge in [-0.2, -0.15) is 0 Å². The summed E-state index contributed by atoms with van der Waals surface area (Å²) in [5.41, 5.74) is 0. The number of piperidine rings is 1. The van der Waals surface area contributed by atoms with Crippen LogP contribution < -0.4 is 0 Å². The normalized spacial score (nSPS) is 33.5. The molecule has 1 heterocycles. The second-order valence-corrected chi connectivity index (χ2v) is 6.01. The van der Waals surface area contributed by atoms with E-state index in [9.17, 15) is 9.59 Å². The summed E-state index contributed by atoms with van der Waals surface area (Å²) >= 11 is 0. The molecule has 3 atom stereocenters. The summed E-state index contributed by atoms with van der Waals surface area (Å²) in [4.78, 5) is 24.7. The number of carboxylic acid groups (broad SMARTS) is 1. The number of aliphatic carboxylic acids is 1. The molecular formula is C14H23NO3. The highest BCUT2D eigenvalue weighted by Crippen LogP contribution is 2.30. The van der Waals surface area contributed by atoms with Gasteiger partial charge in [0.15, 0.2) is 0 Å². The van der Waals surface area contributed by atoms with Crippen LogP contribution >= 0.6 is 0 Å². The van der Waals surface area contributed by atoms with Crippen LogP contribution in [-0.4, -0.2) is 35.0 Å². The van der Waals surface area contributed by atoms with Crippen molar-refractivity contribution in [1.29, 1.82) is 0 Å². The summed E-state index contributed by atoms with van der Waals surface area (Å²) in [5.74, 6) is 0.350. The molecule has 0 aromatic rings. The Kier molecular flexibility index (Phi) is 4.25. The van der Waals surface area contributed by atoms with E-state index in [1.165, 1.54) is 25.7 Å². The van der Waals surface area contributed by atoms with Gasteiger partial charge in [-0.1, -0.05) is 19.8 Å². The maximum absolute atomic E-state index is 11.9. The molecule has 1 saturated heterocycles. The van der Waals surface area contributed by atoms with E-state index in [0.29, 0.717) is 25.3 Å². The molecule has 2 rings (SSSR count). The molecule has 1 amide bonds. The van der Waals surface area contributed by atoms with Crippen molar-refractivity contribution in [2.45, 2.75) is 45.4 Å². The smallest absolute Gasteiger partial charge is 0.308 e. The second-order valence-electron chi connectivity index (χ2n) is 6.01. The van der Waals surface area contributed by atoms with Gasteiger partial charge in [0.2, 0.25) is 5.91 Å². The average Bonchev–Trinajstić information content (AvgIpc) is 2.31. The lowest BCUT2D eigenvalue weighted by Crippen LogP contribution is -2.45. The zero-order chi connectivity index (χ0) is 13.1. The molecule has 0 spiro atoms. The Morgan fingerprint density at radius 3 is 2.83 bits per heavy atom. The maximum atomic E-state index is 11.9. The lowest BCUT2D eigenvalue weighted by Gasteiger charge is -2.36. The Hall–Kier alpha value is -1.06. The van der Waals surface area contributed by atoms with Crippen LogP contribution in [-0.2, 0) is 9.59 Å². The highest BCUT2D eigenvalue weighted by molar-refractivity contribution is 5.80. The molecule has 0 bridgehead atoms. The molecule has 3 unspecified atom stereocenters. The lowest BCUT2D eigenvalue weighted by molar-refractivity contribution is -0.147. The molecule has 1 aliphatic heterocycles. The summed E-state index contributed by atoms with van der Waals surface area (Å²) in [7, 11) is 0. The number of rotatable bonds is 3. The molecule has 1 saturated carbocycles. The van der Waals surface area contributed by atoms with Gasteiger partial charge in [-0.25, -0.2) is 0 Å². The van der Waals surface area contributed by atoms with E-state index < -0.39 is 5.97 Å². The summed E-state index contributed by atoms with van der Waals surface area (Å²) in [5, 5.41) is 9.05. The summed E-state index contributed by atoms with van der Waals surface area (Å²) in [6.45, 7) is 3.45. The van der Waals surface area contributed by atoms with Crippen LogP contribution in [0.4, 0.5) is 0 Å². The molecule has 0 aromatic carbocycles. The number of amides is 1. The van der Waals surface area contributed by atoms with Crippen molar-refractivity contribution in [3.05, 3.63) is 0 Å². The standard InChI is InChI=1S/C14H23NO3/c1-10-3-2-4-11(7-10)8-15-9-12(14(17)18)5-6-13(15)16/h10-12H,2-9H2,1H3,(H,17,18). The van der Waals surface area contributed by atoms with Crippen molar-refractivity contribution < 1.29 is 14.7 Å². The Morgan fingerprint density at radius 1 is 1.39 bits per heavy atom. The molecular weight excluding hydrogens is 230 g/mol. The molecule has 2 aliphatic rings. The molecule has 1 aliphatic carbocycles. The molecule has 1 N–H and O–H groups in total.